The van der Waals surface area contributed by atoms with Gasteiger partial charge < -0.3 is 14.9 Å². The van der Waals surface area contributed by atoms with Crippen LogP contribution < -0.4 is 0 Å². The summed E-state index contributed by atoms with van der Waals surface area (Å²) in [6.45, 7) is 7.22. The van der Waals surface area contributed by atoms with Crippen molar-refractivity contribution in [3.63, 3.8) is 0 Å². The average Bonchev–Trinajstić information content (AvgIpc) is 2.78. The highest BCUT2D eigenvalue weighted by molar-refractivity contribution is 5.90. The number of hydrogen-bond donors (Lipinski definition) is 1. The second kappa shape index (κ2) is 5.66. The highest BCUT2D eigenvalue weighted by Gasteiger charge is 2.43. The van der Waals surface area contributed by atoms with Crippen LogP contribution in [0.1, 0.15) is 40.0 Å². The van der Waals surface area contributed by atoms with E-state index in [1.165, 1.54) is 0 Å². The number of amides is 2. The Kier molecular flexibility index (Phi) is 4.25. The van der Waals surface area contributed by atoms with Crippen LogP contribution >= 0.6 is 0 Å². The molecule has 0 bridgehead atoms. The summed E-state index contributed by atoms with van der Waals surface area (Å²) >= 11 is 0. The highest BCUT2D eigenvalue weighted by atomic mass is 16.4. The molecule has 2 fully saturated rings. The number of carbonyl (C=O) groups is 3. The summed E-state index contributed by atoms with van der Waals surface area (Å²) in [5, 5.41) is 8.73. The predicted molar refractivity (Wildman–Crippen MR) is 76.5 cm³/mol. The molecule has 1 N–H and O–H groups in total. The highest BCUT2D eigenvalue weighted by Crippen LogP contribution is 2.29. The van der Waals surface area contributed by atoms with Gasteiger partial charge >= 0.3 is 5.97 Å². The van der Waals surface area contributed by atoms with E-state index in [1.54, 1.807) is 9.80 Å². The molecule has 1 atom stereocenters. The monoisotopic (exact) mass is 296 g/mol. The van der Waals surface area contributed by atoms with Crippen molar-refractivity contribution in [2.75, 3.05) is 19.6 Å². The Morgan fingerprint density at radius 1 is 1.19 bits per heavy atom. The molecule has 6 nitrogen and oxygen atoms in total. The zero-order chi connectivity index (χ0) is 15.8. The summed E-state index contributed by atoms with van der Waals surface area (Å²) in [6, 6.07) is -0.359. The van der Waals surface area contributed by atoms with E-state index in [-0.39, 0.29) is 30.2 Å². The number of aliphatic carboxylic acids is 1. The maximum Gasteiger partial charge on any atom is 0.303 e. The van der Waals surface area contributed by atoms with E-state index in [2.05, 4.69) is 0 Å². The third-order valence-corrected chi connectivity index (χ3v) is 4.17. The van der Waals surface area contributed by atoms with Crippen LogP contribution in [0, 0.1) is 11.3 Å². The number of carboxylic acid groups (broad SMARTS) is 1. The molecule has 0 aromatic rings. The molecule has 6 heteroatoms. The summed E-state index contributed by atoms with van der Waals surface area (Å²) in [4.78, 5) is 38.9. The lowest BCUT2D eigenvalue weighted by Gasteiger charge is -2.41. The number of carbonyl (C=O) groups excluding carboxylic acids is 2. The van der Waals surface area contributed by atoms with Gasteiger partial charge in [-0.05, 0) is 12.8 Å². The van der Waals surface area contributed by atoms with E-state index in [0.29, 0.717) is 26.1 Å². The molecule has 21 heavy (non-hydrogen) atoms. The summed E-state index contributed by atoms with van der Waals surface area (Å²) in [7, 11) is 0. The normalized spacial score (nSPS) is 23.1. The molecule has 2 heterocycles. The van der Waals surface area contributed by atoms with Gasteiger partial charge in [-0.3, -0.25) is 14.4 Å². The van der Waals surface area contributed by atoms with Gasteiger partial charge in [0.25, 0.3) is 0 Å². The topological polar surface area (TPSA) is 77.9 Å². The van der Waals surface area contributed by atoms with E-state index in [9.17, 15) is 14.4 Å². The average molecular weight is 296 g/mol. The molecule has 0 spiro atoms. The molecular formula is C15H24N2O4. The molecule has 2 amide bonds. The molecule has 0 aromatic heterocycles. The summed E-state index contributed by atoms with van der Waals surface area (Å²) < 4.78 is 0. The zero-order valence-corrected chi connectivity index (χ0v) is 13.0. The van der Waals surface area contributed by atoms with Crippen LogP contribution in [-0.4, -0.2) is 58.4 Å². The second-order valence-corrected chi connectivity index (χ2v) is 7.11. The molecule has 2 rings (SSSR count). The predicted octanol–water partition coefficient (Wildman–Crippen LogP) is 0.957. The van der Waals surface area contributed by atoms with E-state index in [1.807, 2.05) is 20.8 Å². The SMILES string of the molecule is CC(C)(C)C(=O)N1CCCC1C(=O)N1CC(CC(=O)O)C1. The van der Waals surface area contributed by atoms with Crippen LogP contribution in [0.3, 0.4) is 0 Å². The minimum absolute atomic E-state index is 0.0148. The molecule has 2 saturated heterocycles. The molecule has 118 valence electrons. The van der Waals surface area contributed by atoms with Crippen LogP contribution in [0.4, 0.5) is 0 Å². The van der Waals surface area contributed by atoms with Crippen molar-refractivity contribution in [2.45, 2.75) is 46.1 Å². The van der Waals surface area contributed by atoms with Crippen LogP contribution in [-0.2, 0) is 14.4 Å². The van der Waals surface area contributed by atoms with Crippen LogP contribution in [0.2, 0.25) is 0 Å². The van der Waals surface area contributed by atoms with Crippen molar-refractivity contribution in [3.05, 3.63) is 0 Å². The Hall–Kier alpha value is -1.59. The number of likely N-dealkylation sites (tertiary alicyclic amines) is 2. The summed E-state index contributed by atoms with van der Waals surface area (Å²) in [5.74, 6) is -0.773. The van der Waals surface area contributed by atoms with Gasteiger partial charge in [0.1, 0.15) is 6.04 Å². The quantitative estimate of drug-likeness (QED) is 0.841. The largest absolute Gasteiger partial charge is 0.481 e. The van der Waals surface area contributed by atoms with Crippen molar-refractivity contribution in [1.82, 2.24) is 9.80 Å². The van der Waals surface area contributed by atoms with Gasteiger partial charge in [0.15, 0.2) is 0 Å². The third kappa shape index (κ3) is 3.36. The van der Waals surface area contributed by atoms with E-state index < -0.39 is 11.4 Å². The first kappa shape index (κ1) is 15.8. The van der Waals surface area contributed by atoms with Crippen molar-refractivity contribution >= 4 is 17.8 Å². The first-order valence-corrected chi connectivity index (χ1v) is 7.52. The van der Waals surface area contributed by atoms with E-state index >= 15 is 0 Å². The van der Waals surface area contributed by atoms with Gasteiger partial charge in [0.05, 0.1) is 6.42 Å². The van der Waals surface area contributed by atoms with Gasteiger partial charge in [0.2, 0.25) is 11.8 Å². The maximum atomic E-state index is 12.5. The van der Waals surface area contributed by atoms with E-state index in [4.69, 9.17) is 5.11 Å². The van der Waals surface area contributed by atoms with E-state index in [0.717, 1.165) is 6.42 Å². The lowest BCUT2D eigenvalue weighted by molar-refractivity contribution is -0.153. The lowest BCUT2D eigenvalue weighted by Crippen LogP contribution is -2.57. The second-order valence-electron chi connectivity index (χ2n) is 7.11. The number of rotatable bonds is 3. The molecule has 2 aliphatic heterocycles. The van der Waals surface area contributed by atoms with Crippen LogP contribution in [0.25, 0.3) is 0 Å². The van der Waals surface area contributed by atoms with Gasteiger partial charge in [-0.2, -0.15) is 0 Å². The number of nitrogens with zero attached hydrogens (tertiary/aromatic N) is 2. The Morgan fingerprint density at radius 2 is 1.81 bits per heavy atom. The minimum Gasteiger partial charge on any atom is -0.481 e. The van der Waals surface area contributed by atoms with Crippen LogP contribution in [0.5, 0.6) is 0 Å². The van der Waals surface area contributed by atoms with Crippen molar-refractivity contribution in [2.24, 2.45) is 11.3 Å². The molecule has 1 unspecified atom stereocenters. The van der Waals surface area contributed by atoms with Crippen LogP contribution in [0.15, 0.2) is 0 Å². The molecule has 0 aliphatic carbocycles. The van der Waals surface area contributed by atoms with Gasteiger partial charge in [0, 0.05) is 31.0 Å². The Labute approximate surface area is 125 Å². The molecule has 0 saturated carbocycles. The molecular weight excluding hydrogens is 272 g/mol. The minimum atomic E-state index is -0.822. The maximum absolute atomic E-state index is 12.5. The first-order chi connectivity index (χ1) is 9.70. The van der Waals surface area contributed by atoms with Crippen molar-refractivity contribution < 1.29 is 19.5 Å². The Bertz CT molecular complexity index is 449. The Morgan fingerprint density at radius 3 is 2.33 bits per heavy atom. The number of hydrogen-bond acceptors (Lipinski definition) is 3. The summed E-state index contributed by atoms with van der Waals surface area (Å²) in [5.41, 5.74) is -0.482. The first-order valence-electron chi connectivity index (χ1n) is 7.52. The lowest BCUT2D eigenvalue weighted by atomic mass is 9.93. The fourth-order valence-electron chi connectivity index (χ4n) is 3.03. The van der Waals surface area contributed by atoms with Gasteiger partial charge in [-0.1, -0.05) is 20.8 Å². The molecule has 0 aromatic carbocycles. The smallest absolute Gasteiger partial charge is 0.303 e. The fourth-order valence-corrected chi connectivity index (χ4v) is 3.03. The van der Waals surface area contributed by atoms with Crippen molar-refractivity contribution in [1.29, 1.82) is 0 Å². The molecule has 0 radical (unpaired) electrons. The van der Waals surface area contributed by atoms with Gasteiger partial charge in [-0.15, -0.1) is 0 Å². The summed E-state index contributed by atoms with van der Waals surface area (Å²) in [6.07, 6.45) is 1.67. The number of carboxylic acids is 1. The van der Waals surface area contributed by atoms with Gasteiger partial charge in [-0.25, -0.2) is 0 Å². The van der Waals surface area contributed by atoms with Crippen molar-refractivity contribution in [3.8, 4) is 0 Å². The standard InChI is InChI=1S/C15H24N2O4/c1-15(2,3)14(21)17-6-4-5-11(17)13(20)16-8-10(9-16)7-12(18)19/h10-11H,4-9H2,1-3H3,(H,18,19). The molecule has 2 aliphatic rings. The Balaban J connectivity index is 1.94. The fraction of sp³-hybridized carbons (Fsp3) is 0.800. The third-order valence-electron chi connectivity index (χ3n) is 4.17. The zero-order valence-electron chi connectivity index (χ0n) is 13.0.